The summed E-state index contributed by atoms with van der Waals surface area (Å²) in [5.41, 5.74) is 2.79. The van der Waals surface area contributed by atoms with E-state index in [-0.39, 0.29) is 24.6 Å². The molecule has 0 bridgehead atoms. The number of ether oxygens (including phenoxy) is 1. The second kappa shape index (κ2) is 10.5. The van der Waals surface area contributed by atoms with E-state index in [9.17, 15) is 14.4 Å². The number of carbonyl (C=O) groups excluding carboxylic acids is 2. The maximum absolute atomic E-state index is 12.8. The van der Waals surface area contributed by atoms with Crippen molar-refractivity contribution in [1.29, 1.82) is 0 Å². The lowest BCUT2D eigenvalue weighted by molar-refractivity contribution is -0.134. The lowest BCUT2D eigenvalue weighted by atomic mass is 10.0. The van der Waals surface area contributed by atoms with Gasteiger partial charge in [0.05, 0.1) is 16.0 Å². The van der Waals surface area contributed by atoms with E-state index in [1.54, 1.807) is 18.2 Å². The van der Waals surface area contributed by atoms with Gasteiger partial charge in [0.2, 0.25) is 0 Å². The first-order valence-electron chi connectivity index (χ1n) is 10.7. The van der Waals surface area contributed by atoms with Crippen LogP contribution in [-0.4, -0.2) is 27.6 Å². The van der Waals surface area contributed by atoms with E-state index in [2.05, 4.69) is 15.9 Å². The minimum Gasteiger partial charge on any atom is -0.426 e. The molecular weight excluding hydrogens is 582 g/mol. The quantitative estimate of drug-likeness (QED) is 0.109. The molecule has 0 unspecified atom stereocenters. The Balaban J connectivity index is 1.30. The average Bonchev–Trinajstić information content (AvgIpc) is 3.36. The number of hydrogen-bond acceptors (Lipinski definition) is 8. The third-order valence-corrected chi connectivity index (χ3v) is 7.98. The summed E-state index contributed by atoms with van der Waals surface area (Å²) in [4.78, 5) is 38.9. The predicted octanol–water partition coefficient (Wildman–Crippen LogP) is 6.48. The molecule has 6 nitrogen and oxygen atoms in total. The van der Waals surface area contributed by atoms with E-state index in [0.717, 1.165) is 26.9 Å². The van der Waals surface area contributed by atoms with Crippen LogP contribution < -0.4 is 9.68 Å². The number of carbonyl (C=O) groups is 2. The van der Waals surface area contributed by atoms with Gasteiger partial charge in [-0.05, 0) is 35.4 Å². The summed E-state index contributed by atoms with van der Waals surface area (Å²) in [6.45, 7) is 0.108. The van der Waals surface area contributed by atoms with E-state index in [1.807, 2.05) is 54.6 Å². The van der Waals surface area contributed by atoms with Crippen molar-refractivity contribution in [3.63, 3.8) is 0 Å². The fourth-order valence-electron chi connectivity index (χ4n) is 3.63. The zero-order valence-electron chi connectivity index (χ0n) is 18.4. The van der Waals surface area contributed by atoms with Crippen LogP contribution in [0.5, 0.6) is 5.75 Å². The lowest BCUT2D eigenvalue weighted by Crippen LogP contribution is -2.31. The summed E-state index contributed by atoms with van der Waals surface area (Å²) in [5.74, 6) is -0.464. The average molecular weight is 599 g/mol. The third kappa shape index (κ3) is 5.36. The van der Waals surface area contributed by atoms with E-state index in [0.29, 0.717) is 25.1 Å². The number of halogens is 1. The number of esters is 1. The van der Waals surface area contributed by atoms with Gasteiger partial charge in [0.1, 0.15) is 10.1 Å². The van der Waals surface area contributed by atoms with Crippen LogP contribution in [0.25, 0.3) is 27.5 Å². The maximum Gasteiger partial charge on any atom is 0.396 e. The molecular formula is C26H16BrNO5S3. The van der Waals surface area contributed by atoms with Gasteiger partial charge in [-0.25, -0.2) is 4.79 Å². The topological polar surface area (TPSA) is 76.8 Å². The first-order valence-corrected chi connectivity index (χ1v) is 13.6. The number of benzene rings is 3. The summed E-state index contributed by atoms with van der Waals surface area (Å²) in [5, 5.41) is 0. The van der Waals surface area contributed by atoms with E-state index < -0.39 is 10.9 Å². The van der Waals surface area contributed by atoms with Crippen LogP contribution in [-0.2, 0) is 9.59 Å². The molecule has 36 heavy (non-hydrogen) atoms. The van der Waals surface area contributed by atoms with Crippen molar-refractivity contribution >= 4 is 83.8 Å². The van der Waals surface area contributed by atoms with Crippen molar-refractivity contribution in [2.45, 2.75) is 6.42 Å². The summed E-state index contributed by atoms with van der Waals surface area (Å²) in [6, 6.07) is 20.3. The Morgan fingerprint density at radius 2 is 1.83 bits per heavy atom. The molecule has 4 aromatic rings. The van der Waals surface area contributed by atoms with Crippen LogP contribution in [0.3, 0.4) is 0 Å². The van der Waals surface area contributed by atoms with Gasteiger partial charge in [-0.3, -0.25) is 14.5 Å². The van der Waals surface area contributed by atoms with Crippen molar-refractivity contribution in [1.82, 2.24) is 4.90 Å². The zero-order chi connectivity index (χ0) is 25.2. The first-order chi connectivity index (χ1) is 17.4. The molecule has 10 heteroatoms. The van der Waals surface area contributed by atoms with E-state index in [1.165, 1.54) is 16.7 Å². The van der Waals surface area contributed by atoms with Crippen molar-refractivity contribution in [2.75, 3.05) is 6.54 Å². The van der Waals surface area contributed by atoms with Gasteiger partial charge in [0.15, 0.2) is 5.58 Å². The Morgan fingerprint density at radius 3 is 2.58 bits per heavy atom. The number of hydrogen-bond donors (Lipinski definition) is 0. The smallest absolute Gasteiger partial charge is 0.396 e. The van der Waals surface area contributed by atoms with Crippen LogP contribution in [0.15, 0.2) is 85.3 Å². The lowest BCUT2D eigenvalue weighted by Gasteiger charge is -2.14. The molecule has 1 aromatic heterocycles. The number of amides is 1. The molecule has 1 aliphatic rings. The standard InChI is InChI=1S/C26H16BrNO5S3/c27-17-8-6-16(7-9-17)19-13-18(14-20-23(19)33-26(31)36-20)32-22(29)10-11-28-24(30)21(35-25(28)34)12-15-4-2-1-3-5-15/h1-9,12-14H,10-11H2/b21-12-. The minimum absolute atomic E-state index is 0.0433. The van der Waals surface area contributed by atoms with Crippen molar-refractivity contribution in [3.05, 3.63) is 91.4 Å². The molecule has 1 aliphatic heterocycles. The van der Waals surface area contributed by atoms with Gasteiger partial charge < -0.3 is 9.15 Å². The number of thiocarbonyl (C=S) groups is 1. The molecule has 1 saturated heterocycles. The van der Waals surface area contributed by atoms with E-state index >= 15 is 0 Å². The van der Waals surface area contributed by atoms with Crippen molar-refractivity contribution < 1.29 is 18.7 Å². The number of rotatable bonds is 6. The van der Waals surface area contributed by atoms with Crippen LogP contribution in [0, 0.1) is 0 Å². The predicted molar refractivity (Wildman–Crippen MR) is 150 cm³/mol. The maximum atomic E-state index is 12.8. The Morgan fingerprint density at radius 1 is 1.08 bits per heavy atom. The molecule has 2 heterocycles. The minimum atomic E-state index is -0.520. The normalized spacial score (nSPS) is 14.7. The molecule has 0 N–H and O–H groups in total. The van der Waals surface area contributed by atoms with Crippen molar-refractivity contribution in [3.8, 4) is 16.9 Å². The summed E-state index contributed by atoms with van der Waals surface area (Å²) < 4.78 is 12.8. The Kier molecular flexibility index (Phi) is 7.20. The van der Waals surface area contributed by atoms with Crippen LogP contribution >= 0.6 is 51.2 Å². The molecule has 180 valence electrons. The molecule has 5 rings (SSSR count). The summed E-state index contributed by atoms with van der Waals surface area (Å²) in [6.07, 6.45) is 1.74. The highest BCUT2D eigenvalue weighted by Crippen LogP contribution is 2.36. The molecule has 0 spiro atoms. The molecule has 3 aromatic carbocycles. The highest BCUT2D eigenvalue weighted by atomic mass is 79.9. The summed E-state index contributed by atoms with van der Waals surface area (Å²) >= 11 is 10.9. The van der Waals surface area contributed by atoms with Crippen LogP contribution in [0.4, 0.5) is 0 Å². The largest absolute Gasteiger partial charge is 0.426 e. The highest BCUT2D eigenvalue weighted by molar-refractivity contribution is 9.10. The first kappa shape index (κ1) is 24.6. The van der Waals surface area contributed by atoms with Gasteiger partial charge in [-0.15, -0.1) is 0 Å². The van der Waals surface area contributed by atoms with Gasteiger partial charge in [0, 0.05) is 22.6 Å². The number of nitrogens with zero attached hydrogens (tertiary/aromatic N) is 1. The molecule has 0 aliphatic carbocycles. The second-order valence-corrected chi connectivity index (χ2v) is 11.3. The van der Waals surface area contributed by atoms with Crippen molar-refractivity contribution in [2.24, 2.45) is 0 Å². The fraction of sp³-hybridized carbons (Fsp3) is 0.0769. The Labute approximate surface area is 227 Å². The third-order valence-electron chi connectivity index (χ3n) is 5.30. The molecule has 0 atom stereocenters. The van der Waals surface area contributed by atoms with Gasteiger partial charge in [-0.2, -0.15) is 0 Å². The molecule has 1 amide bonds. The van der Waals surface area contributed by atoms with Crippen LogP contribution in [0.1, 0.15) is 12.0 Å². The van der Waals surface area contributed by atoms with Crippen LogP contribution in [0.2, 0.25) is 0 Å². The Hall–Kier alpha value is -3.05. The number of thioether (sulfide) groups is 1. The van der Waals surface area contributed by atoms with Gasteiger partial charge in [-0.1, -0.05) is 93.7 Å². The monoisotopic (exact) mass is 597 g/mol. The zero-order valence-corrected chi connectivity index (χ0v) is 22.5. The fourth-order valence-corrected chi connectivity index (χ4v) is 5.93. The van der Waals surface area contributed by atoms with Gasteiger partial charge in [0.25, 0.3) is 5.91 Å². The number of fused-ring (bicyclic) bond motifs is 1. The van der Waals surface area contributed by atoms with E-state index in [4.69, 9.17) is 21.4 Å². The second-order valence-electron chi connectivity index (χ2n) is 7.73. The molecule has 0 saturated carbocycles. The molecule has 1 fully saturated rings. The van der Waals surface area contributed by atoms with Gasteiger partial charge >= 0.3 is 10.9 Å². The highest BCUT2D eigenvalue weighted by Gasteiger charge is 2.32. The molecule has 0 radical (unpaired) electrons. The SMILES string of the molecule is O=C(CCN1C(=O)/C(=C/c2ccccc2)SC1=S)Oc1cc(-c2ccc(Br)cc2)c2oc(=O)sc2c1. The summed E-state index contributed by atoms with van der Waals surface area (Å²) in [7, 11) is 0. The Bertz CT molecular complexity index is 1570.